The molecule has 0 aliphatic rings. The van der Waals surface area contributed by atoms with Gasteiger partial charge in [-0.1, -0.05) is 11.6 Å². The van der Waals surface area contributed by atoms with Crippen molar-refractivity contribution in [2.24, 2.45) is 0 Å². The number of anilines is 1. The van der Waals surface area contributed by atoms with Crippen LogP contribution in [0.25, 0.3) is 0 Å². The summed E-state index contributed by atoms with van der Waals surface area (Å²) in [5.41, 5.74) is 1.48. The summed E-state index contributed by atoms with van der Waals surface area (Å²) in [7, 11) is 0. The molecule has 0 bridgehead atoms. The first kappa shape index (κ1) is 15.1. The van der Waals surface area contributed by atoms with E-state index in [-0.39, 0.29) is 24.8 Å². The molecular weight excluding hydrogens is 292 g/mol. The van der Waals surface area contributed by atoms with E-state index in [0.717, 1.165) is 5.56 Å². The molecule has 0 spiro atoms. The second-order valence-corrected chi connectivity index (χ2v) is 4.98. The molecule has 0 saturated carbocycles. The molecule has 6 heteroatoms. The van der Waals surface area contributed by atoms with Gasteiger partial charge < -0.3 is 15.1 Å². The molecule has 0 aliphatic carbocycles. The number of carbonyl (C=O) groups is 2. The highest BCUT2D eigenvalue weighted by Crippen LogP contribution is 2.19. The maximum atomic E-state index is 11.8. The predicted molar refractivity (Wildman–Crippen MR) is 80.0 cm³/mol. The smallest absolute Gasteiger partial charge is 0.233 e. The van der Waals surface area contributed by atoms with Crippen LogP contribution in [0.15, 0.2) is 41.0 Å². The minimum absolute atomic E-state index is 0.247. The van der Waals surface area contributed by atoms with Crippen molar-refractivity contribution in [1.29, 1.82) is 0 Å². The van der Waals surface area contributed by atoms with Crippen LogP contribution in [0.3, 0.4) is 0 Å². The van der Waals surface area contributed by atoms with Gasteiger partial charge in [-0.25, -0.2) is 0 Å². The van der Waals surface area contributed by atoms with Crippen LogP contribution in [-0.4, -0.2) is 11.8 Å². The number of aryl methyl sites for hydroxylation is 1. The zero-order valence-electron chi connectivity index (χ0n) is 11.5. The van der Waals surface area contributed by atoms with Crippen molar-refractivity contribution in [3.05, 3.63) is 52.9 Å². The average molecular weight is 307 g/mol. The van der Waals surface area contributed by atoms with Crippen LogP contribution < -0.4 is 10.6 Å². The molecular formula is C15H15ClN2O3. The Labute approximate surface area is 127 Å². The molecule has 0 unspecified atom stereocenters. The Morgan fingerprint density at radius 1 is 1.24 bits per heavy atom. The summed E-state index contributed by atoms with van der Waals surface area (Å²) in [5, 5.41) is 5.89. The number of hydrogen-bond acceptors (Lipinski definition) is 3. The zero-order valence-corrected chi connectivity index (χ0v) is 12.2. The molecule has 110 valence electrons. The molecule has 0 radical (unpaired) electrons. The number of hydrogen-bond donors (Lipinski definition) is 2. The molecule has 2 rings (SSSR count). The zero-order chi connectivity index (χ0) is 15.2. The van der Waals surface area contributed by atoms with Crippen LogP contribution in [0.1, 0.15) is 17.7 Å². The van der Waals surface area contributed by atoms with Crippen LogP contribution in [0, 0.1) is 6.92 Å². The lowest BCUT2D eigenvalue weighted by molar-refractivity contribution is -0.127. The molecule has 1 aromatic heterocycles. The molecule has 0 aliphatic heterocycles. The molecule has 0 fully saturated rings. The predicted octanol–water partition coefficient (Wildman–Crippen LogP) is 2.89. The van der Waals surface area contributed by atoms with Gasteiger partial charge in [0, 0.05) is 10.7 Å². The summed E-state index contributed by atoms with van der Waals surface area (Å²) in [5.74, 6) is -0.106. The van der Waals surface area contributed by atoms with Gasteiger partial charge in [-0.15, -0.1) is 0 Å². The Hall–Kier alpha value is -2.27. The van der Waals surface area contributed by atoms with Crippen LogP contribution in [0.5, 0.6) is 0 Å². The third-order valence-electron chi connectivity index (χ3n) is 2.82. The standard InChI is InChI=1S/C15H15ClN2O3/c1-10-7-11(16)4-5-13(10)18-15(20)8-14(19)17-9-12-3-2-6-21-12/h2-7H,8-9H2,1H3,(H,17,19)(H,18,20). The summed E-state index contributed by atoms with van der Waals surface area (Å²) in [6.45, 7) is 2.09. The van der Waals surface area contributed by atoms with Crippen molar-refractivity contribution in [1.82, 2.24) is 5.32 Å². The Morgan fingerprint density at radius 3 is 2.71 bits per heavy atom. The molecule has 0 atom stereocenters. The van der Waals surface area contributed by atoms with Gasteiger partial charge >= 0.3 is 0 Å². The summed E-state index contributed by atoms with van der Waals surface area (Å²) < 4.78 is 5.08. The molecule has 2 N–H and O–H groups in total. The number of nitrogens with one attached hydrogen (secondary N) is 2. The largest absolute Gasteiger partial charge is 0.467 e. The summed E-state index contributed by atoms with van der Waals surface area (Å²) in [6.07, 6.45) is 1.28. The minimum atomic E-state index is -0.377. The first-order chi connectivity index (χ1) is 10.0. The Balaban J connectivity index is 1.82. The molecule has 2 amide bonds. The lowest BCUT2D eigenvalue weighted by Gasteiger charge is -2.08. The Morgan fingerprint density at radius 2 is 2.05 bits per heavy atom. The highest BCUT2D eigenvalue weighted by atomic mass is 35.5. The number of furan rings is 1. The fraction of sp³-hybridized carbons (Fsp3) is 0.200. The SMILES string of the molecule is Cc1cc(Cl)ccc1NC(=O)CC(=O)NCc1ccco1. The summed E-state index contributed by atoms with van der Waals surface area (Å²) in [4.78, 5) is 23.4. The van der Waals surface area contributed by atoms with E-state index in [4.69, 9.17) is 16.0 Å². The maximum absolute atomic E-state index is 11.8. The van der Waals surface area contributed by atoms with Crippen LogP contribution in [-0.2, 0) is 16.1 Å². The van der Waals surface area contributed by atoms with Crippen LogP contribution >= 0.6 is 11.6 Å². The van der Waals surface area contributed by atoms with Crippen molar-refractivity contribution >= 4 is 29.1 Å². The first-order valence-corrected chi connectivity index (χ1v) is 6.77. The summed E-state index contributed by atoms with van der Waals surface area (Å²) in [6, 6.07) is 8.61. The molecule has 5 nitrogen and oxygen atoms in total. The van der Waals surface area contributed by atoms with Crippen molar-refractivity contribution < 1.29 is 14.0 Å². The average Bonchev–Trinajstić information content (AvgIpc) is 2.93. The van der Waals surface area contributed by atoms with E-state index in [9.17, 15) is 9.59 Å². The van der Waals surface area contributed by atoms with Gasteiger partial charge in [0.1, 0.15) is 12.2 Å². The second-order valence-electron chi connectivity index (χ2n) is 4.54. The van der Waals surface area contributed by atoms with Crippen molar-refractivity contribution in [2.45, 2.75) is 19.9 Å². The number of benzene rings is 1. The van der Waals surface area contributed by atoms with E-state index < -0.39 is 0 Å². The van der Waals surface area contributed by atoms with Crippen molar-refractivity contribution in [3.8, 4) is 0 Å². The number of rotatable bonds is 5. The van der Waals surface area contributed by atoms with E-state index in [1.807, 2.05) is 6.92 Å². The van der Waals surface area contributed by atoms with Gasteiger partial charge in [0.15, 0.2) is 0 Å². The number of carbonyl (C=O) groups excluding carboxylic acids is 2. The topological polar surface area (TPSA) is 71.3 Å². The van der Waals surface area contributed by atoms with E-state index in [2.05, 4.69) is 10.6 Å². The van der Waals surface area contributed by atoms with Crippen molar-refractivity contribution in [2.75, 3.05) is 5.32 Å². The third-order valence-corrected chi connectivity index (χ3v) is 3.06. The highest BCUT2D eigenvalue weighted by Gasteiger charge is 2.11. The maximum Gasteiger partial charge on any atom is 0.233 e. The van der Waals surface area contributed by atoms with Crippen LogP contribution in [0.2, 0.25) is 5.02 Å². The van der Waals surface area contributed by atoms with Gasteiger partial charge in [0.2, 0.25) is 11.8 Å². The first-order valence-electron chi connectivity index (χ1n) is 6.39. The van der Waals surface area contributed by atoms with Crippen LogP contribution in [0.4, 0.5) is 5.69 Å². The molecule has 1 heterocycles. The summed E-state index contributed by atoms with van der Waals surface area (Å²) >= 11 is 5.84. The molecule has 2 aromatic rings. The Bertz CT molecular complexity index is 638. The fourth-order valence-corrected chi connectivity index (χ4v) is 2.00. The number of halogens is 1. The van der Waals surface area contributed by atoms with E-state index >= 15 is 0 Å². The fourth-order valence-electron chi connectivity index (χ4n) is 1.77. The van der Waals surface area contributed by atoms with Gasteiger partial charge in [-0.3, -0.25) is 9.59 Å². The quantitative estimate of drug-likeness (QED) is 0.834. The molecule has 21 heavy (non-hydrogen) atoms. The van der Waals surface area contributed by atoms with Gasteiger partial charge in [0.25, 0.3) is 0 Å². The molecule has 0 saturated heterocycles. The normalized spacial score (nSPS) is 10.2. The van der Waals surface area contributed by atoms with E-state index in [0.29, 0.717) is 16.5 Å². The highest BCUT2D eigenvalue weighted by molar-refractivity contribution is 6.30. The third kappa shape index (κ3) is 4.65. The van der Waals surface area contributed by atoms with Crippen molar-refractivity contribution in [3.63, 3.8) is 0 Å². The van der Waals surface area contributed by atoms with Gasteiger partial charge in [-0.05, 0) is 42.8 Å². The molecule has 1 aromatic carbocycles. The van der Waals surface area contributed by atoms with E-state index in [1.165, 1.54) is 6.26 Å². The lowest BCUT2D eigenvalue weighted by atomic mass is 10.2. The lowest BCUT2D eigenvalue weighted by Crippen LogP contribution is -2.27. The van der Waals surface area contributed by atoms with E-state index in [1.54, 1.807) is 30.3 Å². The number of amides is 2. The van der Waals surface area contributed by atoms with Gasteiger partial charge in [-0.2, -0.15) is 0 Å². The van der Waals surface area contributed by atoms with Gasteiger partial charge in [0.05, 0.1) is 12.8 Å². The Kier molecular flexibility index (Phi) is 5.00. The monoisotopic (exact) mass is 306 g/mol. The minimum Gasteiger partial charge on any atom is -0.467 e. The second kappa shape index (κ2) is 6.95.